The number of carbonyl (C=O) groups is 1. The Bertz CT molecular complexity index is 375. The maximum Gasteiger partial charge on any atom is 0.313 e. The highest BCUT2D eigenvalue weighted by molar-refractivity contribution is 7.99. The van der Waals surface area contributed by atoms with Crippen molar-refractivity contribution in [3.05, 3.63) is 12.4 Å². The lowest BCUT2D eigenvalue weighted by Gasteiger charge is -2.11. The molecule has 1 N–H and O–H groups in total. The number of nitrogens with zero attached hydrogens (tertiary/aromatic N) is 2. The molecule has 1 unspecified atom stereocenters. The molecule has 17 heavy (non-hydrogen) atoms. The summed E-state index contributed by atoms with van der Waals surface area (Å²) >= 11 is 1.26. The molecule has 1 aliphatic heterocycles. The molecule has 0 aliphatic carbocycles. The highest BCUT2D eigenvalue weighted by Crippen LogP contribution is 2.19. The topological polar surface area (TPSA) is 64.3 Å². The van der Waals surface area contributed by atoms with Crippen molar-refractivity contribution in [2.24, 2.45) is 0 Å². The summed E-state index contributed by atoms with van der Waals surface area (Å²) in [6.07, 6.45) is 7.20. The Morgan fingerprint density at radius 3 is 3.29 bits per heavy atom. The first-order valence-electron chi connectivity index (χ1n) is 5.73. The van der Waals surface area contributed by atoms with E-state index < -0.39 is 5.97 Å². The van der Waals surface area contributed by atoms with Gasteiger partial charge in [-0.1, -0.05) is 11.8 Å². The summed E-state index contributed by atoms with van der Waals surface area (Å²) < 4.78 is 7.55. The summed E-state index contributed by atoms with van der Waals surface area (Å²) in [5.74, 6) is -0.764. The van der Waals surface area contributed by atoms with E-state index in [0.717, 1.165) is 37.6 Å². The van der Waals surface area contributed by atoms with Crippen LogP contribution in [0.1, 0.15) is 19.3 Å². The summed E-state index contributed by atoms with van der Waals surface area (Å²) in [4.78, 5) is 14.7. The van der Waals surface area contributed by atoms with Crippen molar-refractivity contribution in [3.8, 4) is 0 Å². The van der Waals surface area contributed by atoms with Crippen LogP contribution in [0.25, 0.3) is 0 Å². The maximum absolute atomic E-state index is 10.5. The minimum atomic E-state index is -0.816. The lowest BCUT2D eigenvalue weighted by Crippen LogP contribution is -2.10. The molecule has 1 atom stereocenters. The number of thioether (sulfide) groups is 1. The zero-order chi connectivity index (χ0) is 12.1. The fourth-order valence-corrected chi connectivity index (χ4v) is 2.59. The molecule has 1 saturated heterocycles. The van der Waals surface area contributed by atoms with Crippen LogP contribution in [0.4, 0.5) is 0 Å². The first-order chi connectivity index (χ1) is 8.25. The highest BCUT2D eigenvalue weighted by atomic mass is 32.2. The normalized spacial score (nSPS) is 19.6. The van der Waals surface area contributed by atoms with E-state index in [2.05, 4.69) is 4.98 Å². The van der Waals surface area contributed by atoms with Crippen LogP contribution in [0.2, 0.25) is 0 Å². The Balaban J connectivity index is 1.82. The molecule has 2 heterocycles. The standard InChI is InChI=1S/C11H16N2O3S/c14-10(15)8-17-11-12-4-6-13(11)5-3-9-2-1-7-16-9/h4,6,9H,1-3,5,7-8H2,(H,14,15). The summed E-state index contributed by atoms with van der Waals surface area (Å²) in [7, 11) is 0. The van der Waals surface area contributed by atoms with Crippen molar-refractivity contribution in [1.82, 2.24) is 9.55 Å². The number of rotatable bonds is 6. The van der Waals surface area contributed by atoms with Crippen LogP contribution >= 0.6 is 11.8 Å². The molecule has 1 aliphatic rings. The Hall–Kier alpha value is -1.01. The lowest BCUT2D eigenvalue weighted by molar-refractivity contribution is -0.133. The van der Waals surface area contributed by atoms with Gasteiger partial charge >= 0.3 is 5.97 Å². The number of aryl methyl sites for hydroxylation is 1. The Labute approximate surface area is 104 Å². The Morgan fingerprint density at radius 2 is 2.59 bits per heavy atom. The molecule has 1 aromatic heterocycles. The number of carboxylic acids is 1. The Kier molecular flexibility index (Phi) is 4.44. The van der Waals surface area contributed by atoms with E-state index >= 15 is 0 Å². The third-order valence-corrected chi connectivity index (χ3v) is 3.71. The maximum atomic E-state index is 10.5. The quantitative estimate of drug-likeness (QED) is 0.784. The second-order valence-electron chi connectivity index (χ2n) is 4.01. The number of hydrogen-bond donors (Lipinski definition) is 1. The number of imidazole rings is 1. The van der Waals surface area contributed by atoms with Gasteiger partial charge in [-0.25, -0.2) is 4.98 Å². The molecule has 0 aromatic carbocycles. The van der Waals surface area contributed by atoms with Gasteiger partial charge in [0.1, 0.15) is 0 Å². The molecule has 2 rings (SSSR count). The molecule has 6 heteroatoms. The average Bonchev–Trinajstić information content (AvgIpc) is 2.95. The first kappa shape index (κ1) is 12.4. The van der Waals surface area contributed by atoms with Gasteiger partial charge in [0.2, 0.25) is 0 Å². The van der Waals surface area contributed by atoms with Crippen LogP contribution in [0.15, 0.2) is 17.6 Å². The van der Waals surface area contributed by atoms with Gasteiger partial charge in [0.15, 0.2) is 5.16 Å². The molecule has 94 valence electrons. The van der Waals surface area contributed by atoms with Crippen LogP contribution in [0.3, 0.4) is 0 Å². The van der Waals surface area contributed by atoms with E-state index in [1.54, 1.807) is 6.20 Å². The monoisotopic (exact) mass is 256 g/mol. The van der Waals surface area contributed by atoms with Gasteiger partial charge in [0, 0.05) is 25.5 Å². The van der Waals surface area contributed by atoms with Gasteiger partial charge < -0.3 is 14.4 Å². The highest BCUT2D eigenvalue weighted by Gasteiger charge is 2.16. The van der Waals surface area contributed by atoms with E-state index in [1.165, 1.54) is 11.8 Å². The number of aromatic nitrogens is 2. The summed E-state index contributed by atoms with van der Waals surface area (Å²) in [6, 6.07) is 0. The summed E-state index contributed by atoms with van der Waals surface area (Å²) in [5.41, 5.74) is 0. The van der Waals surface area contributed by atoms with Crippen LogP contribution in [-0.2, 0) is 16.1 Å². The predicted molar refractivity (Wildman–Crippen MR) is 64.2 cm³/mol. The van der Waals surface area contributed by atoms with Crippen molar-refractivity contribution in [2.45, 2.75) is 37.1 Å². The number of aliphatic carboxylic acids is 1. The van der Waals surface area contributed by atoms with Crippen LogP contribution in [0, 0.1) is 0 Å². The number of ether oxygens (including phenoxy) is 1. The second-order valence-corrected chi connectivity index (χ2v) is 4.95. The molecular weight excluding hydrogens is 240 g/mol. The molecule has 1 aromatic rings. The minimum absolute atomic E-state index is 0.0525. The van der Waals surface area contributed by atoms with Gasteiger partial charge in [-0.3, -0.25) is 4.79 Å². The largest absolute Gasteiger partial charge is 0.481 e. The van der Waals surface area contributed by atoms with E-state index in [1.807, 2.05) is 10.8 Å². The molecular formula is C11H16N2O3S. The molecule has 0 radical (unpaired) electrons. The first-order valence-corrected chi connectivity index (χ1v) is 6.71. The molecule has 0 spiro atoms. The van der Waals surface area contributed by atoms with Gasteiger partial charge in [0.05, 0.1) is 11.9 Å². The molecule has 5 nitrogen and oxygen atoms in total. The van der Waals surface area contributed by atoms with Gasteiger partial charge in [-0.15, -0.1) is 0 Å². The van der Waals surface area contributed by atoms with Crippen molar-refractivity contribution in [3.63, 3.8) is 0 Å². The smallest absolute Gasteiger partial charge is 0.313 e. The number of carboxylic acid groups (broad SMARTS) is 1. The van der Waals surface area contributed by atoms with Crippen molar-refractivity contribution >= 4 is 17.7 Å². The SMILES string of the molecule is O=C(O)CSc1nccn1CCC1CCCO1. The third-order valence-electron chi connectivity index (χ3n) is 2.72. The van der Waals surface area contributed by atoms with E-state index in [0.29, 0.717) is 6.10 Å². The van der Waals surface area contributed by atoms with Crippen molar-refractivity contribution < 1.29 is 14.6 Å². The van der Waals surface area contributed by atoms with Crippen molar-refractivity contribution in [2.75, 3.05) is 12.4 Å². The molecule has 1 fully saturated rings. The van der Waals surface area contributed by atoms with Gasteiger partial charge in [0.25, 0.3) is 0 Å². The third kappa shape index (κ3) is 3.74. The van der Waals surface area contributed by atoms with E-state index in [-0.39, 0.29) is 5.75 Å². The minimum Gasteiger partial charge on any atom is -0.481 e. The van der Waals surface area contributed by atoms with Gasteiger partial charge in [-0.2, -0.15) is 0 Å². The van der Waals surface area contributed by atoms with Crippen LogP contribution in [0.5, 0.6) is 0 Å². The second kappa shape index (κ2) is 6.07. The van der Waals surface area contributed by atoms with E-state index in [4.69, 9.17) is 9.84 Å². The molecule has 0 amide bonds. The predicted octanol–water partition coefficient (Wildman–Crippen LogP) is 1.63. The number of hydrogen-bond acceptors (Lipinski definition) is 4. The summed E-state index contributed by atoms with van der Waals surface area (Å²) in [6.45, 7) is 1.71. The zero-order valence-corrected chi connectivity index (χ0v) is 10.4. The zero-order valence-electron chi connectivity index (χ0n) is 9.54. The van der Waals surface area contributed by atoms with Gasteiger partial charge in [-0.05, 0) is 19.3 Å². The fraction of sp³-hybridized carbons (Fsp3) is 0.636. The lowest BCUT2D eigenvalue weighted by atomic mass is 10.2. The fourth-order valence-electron chi connectivity index (χ4n) is 1.89. The molecule has 0 bridgehead atoms. The molecule has 0 saturated carbocycles. The van der Waals surface area contributed by atoms with Crippen LogP contribution in [-0.4, -0.2) is 39.1 Å². The van der Waals surface area contributed by atoms with Crippen LogP contribution < -0.4 is 0 Å². The summed E-state index contributed by atoms with van der Waals surface area (Å²) in [5, 5.41) is 9.40. The average molecular weight is 256 g/mol. The van der Waals surface area contributed by atoms with Crippen molar-refractivity contribution in [1.29, 1.82) is 0 Å². The van der Waals surface area contributed by atoms with E-state index in [9.17, 15) is 4.79 Å². The Morgan fingerprint density at radius 1 is 1.71 bits per heavy atom.